The van der Waals surface area contributed by atoms with Crippen molar-refractivity contribution < 1.29 is 19.4 Å². The lowest BCUT2D eigenvalue weighted by Crippen LogP contribution is -2.52. The van der Waals surface area contributed by atoms with Crippen LogP contribution in [0, 0.1) is 0 Å². The van der Waals surface area contributed by atoms with E-state index in [0.717, 1.165) is 16.8 Å². The van der Waals surface area contributed by atoms with Crippen LogP contribution in [0.4, 0.5) is 11.4 Å². The van der Waals surface area contributed by atoms with Crippen molar-refractivity contribution in [2.24, 2.45) is 10.1 Å². The highest BCUT2D eigenvalue weighted by molar-refractivity contribution is 6.01. The largest absolute Gasteiger partial charge is 0.494 e. The minimum absolute atomic E-state index is 0.0435. The van der Waals surface area contributed by atoms with Crippen LogP contribution in [0.25, 0.3) is 16.5 Å². The van der Waals surface area contributed by atoms with E-state index in [0.29, 0.717) is 42.1 Å². The summed E-state index contributed by atoms with van der Waals surface area (Å²) < 4.78 is 12.3. The van der Waals surface area contributed by atoms with E-state index in [1.54, 1.807) is 30.3 Å². The fourth-order valence-electron chi connectivity index (χ4n) is 5.33. The Labute approximate surface area is 280 Å². The van der Waals surface area contributed by atoms with Gasteiger partial charge in [0.05, 0.1) is 6.61 Å². The minimum atomic E-state index is -1.49. The lowest BCUT2D eigenvalue weighted by molar-refractivity contribution is -0.129. The molecule has 1 heterocycles. The molecule has 0 saturated carbocycles. The summed E-state index contributed by atoms with van der Waals surface area (Å²) in [6, 6.07) is 32.1. The number of aliphatic imine (C=N–C) groups is 1. The predicted octanol–water partition coefficient (Wildman–Crippen LogP) is 6.64. The van der Waals surface area contributed by atoms with E-state index >= 15 is 0 Å². The molecule has 5 rings (SSSR count). The van der Waals surface area contributed by atoms with Gasteiger partial charge in [-0.2, -0.15) is 0 Å². The van der Waals surface area contributed by atoms with Gasteiger partial charge >= 0.3 is 0 Å². The smallest absolute Gasteiger partial charge is 0.266 e. The summed E-state index contributed by atoms with van der Waals surface area (Å²) in [6.45, 7) is 0.807. The summed E-state index contributed by atoms with van der Waals surface area (Å²) in [6.07, 6.45) is 3.61. The first kappa shape index (κ1) is 33.7. The van der Waals surface area contributed by atoms with Gasteiger partial charge in [-0.15, -0.1) is 0 Å². The van der Waals surface area contributed by atoms with Crippen LogP contribution in [0.15, 0.2) is 119 Å². The molecule has 0 aliphatic carbocycles. The molecule has 0 fully saturated rings. The molecule has 1 aliphatic rings. The molecular formula is C37H39N7O4. The molecule has 2 atom stereocenters. The van der Waals surface area contributed by atoms with E-state index in [1.165, 1.54) is 0 Å². The van der Waals surface area contributed by atoms with Crippen molar-refractivity contribution in [1.29, 1.82) is 0 Å². The molecule has 4 aromatic rings. The first-order valence-corrected chi connectivity index (χ1v) is 15.7. The Morgan fingerprint density at radius 1 is 1.04 bits per heavy atom. The SMILES string of the molecule is CN(C)c1ccc(CNNC(=O)[C@@]2(C/C=C/c3ccccc3)N=C(c3ccc(OCCCO)cc3)O[C@H]2c2ccccc2N=[N+]=[N-])cc1. The molecule has 4 aromatic carbocycles. The number of hydrogen-bond donors (Lipinski definition) is 3. The first-order valence-electron chi connectivity index (χ1n) is 15.7. The number of rotatable bonds is 15. The van der Waals surface area contributed by atoms with Crippen molar-refractivity contribution in [2.75, 3.05) is 32.2 Å². The summed E-state index contributed by atoms with van der Waals surface area (Å²) in [5.41, 5.74) is 18.4. The molecule has 11 heteroatoms. The van der Waals surface area contributed by atoms with Crippen molar-refractivity contribution in [2.45, 2.75) is 31.0 Å². The Morgan fingerprint density at radius 2 is 1.77 bits per heavy atom. The molecular weight excluding hydrogens is 606 g/mol. The van der Waals surface area contributed by atoms with Crippen LogP contribution in [-0.4, -0.2) is 49.8 Å². The number of aliphatic hydroxyl groups excluding tert-OH is 1. The second-order valence-corrected chi connectivity index (χ2v) is 11.4. The topological polar surface area (TPSA) is 144 Å². The molecule has 11 nitrogen and oxygen atoms in total. The van der Waals surface area contributed by atoms with Crippen LogP contribution in [0.3, 0.4) is 0 Å². The number of anilines is 1. The molecule has 0 saturated heterocycles. The van der Waals surface area contributed by atoms with Crippen molar-refractivity contribution in [3.8, 4) is 5.75 Å². The number of hydrogen-bond acceptors (Lipinski definition) is 8. The zero-order chi connectivity index (χ0) is 33.8. The monoisotopic (exact) mass is 645 g/mol. The van der Waals surface area contributed by atoms with E-state index in [4.69, 9.17) is 19.6 Å². The first-order chi connectivity index (χ1) is 23.4. The average Bonchev–Trinajstić information content (AvgIpc) is 3.50. The van der Waals surface area contributed by atoms with Gasteiger partial charge < -0.3 is 19.5 Å². The molecule has 48 heavy (non-hydrogen) atoms. The summed E-state index contributed by atoms with van der Waals surface area (Å²) in [5.74, 6) is 0.485. The Morgan fingerprint density at radius 3 is 2.48 bits per heavy atom. The van der Waals surface area contributed by atoms with Gasteiger partial charge in [-0.1, -0.05) is 84.0 Å². The second kappa shape index (κ2) is 16.3. The van der Waals surface area contributed by atoms with E-state index in [9.17, 15) is 10.3 Å². The Balaban J connectivity index is 1.51. The standard InChI is InChI=1S/C37H39N7O4/c1-44(2)30-19-15-28(16-20-30)26-39-42-36(46)37(23-8-12-27-10-4-3-5-11-27)34(32-13-6-7-14-33(32)41-43-38)48-35(40-37)29-17-21-31(22-18-29)47-25-9-24-45/h3-8,10-22,34,39,45H,9,23-26H2,1-2H3,(H,42,46)/b12-8+/t34-,37-/m0/s1. The maximum atomic E-state index is 14.4. The molecule has 0 radical (unpaired) electrons. The van der Waals surface area contributed by atoms with Gasteiger partial charge in [-0.05, 0) is 53.1 Å². The highest BCUT2D eigenvalue weighted by Crippen LogP contribution is 2.45. The Kier molecular flexibility index (Phi) is 11.4. The van der Waals surface area contributed by atoms with Crippen molar-refractivity contribution in [3.05, 3.63) is 142 Å². The molecule has 1 aliphatic heterocycles. The highest BCUT2D eigenvalue weighted by Gasteiger charge is 2.53. The van der Waals surface area contributed by atoms with Crippen LogP contribution in [0.2, 0.25) is 0 Å². The minimum Gasteiger partial charge on any atom is -0.494 e. The van der Waals surface area contributed by atoms with Crippen LogP contribution < -0.4 is 20.5 Å². The second-order valence-electron chi connectivity index (χ2n) is 11.4. The van der Waals surface area contributed by atoms with E-state index in [1.807, 2.05) is 104 Å². The highest BCUT2D eigenvalue weighted by atomic mass is 16.5. The number of carbonyl (C=O) groups excluding carboxylic acids is 1. The number of nitrogens with zero attached hydrogens (tertiary/aromatic N) is 5. The van der Waals surface area contributed by atoms with E-state index < -0.39 is 17.6 Å². The molecule has 0 aromatic heterocycles. The Bertz CT molecular complexity index is 1770. The lowest BCUT2D eigenvalue weighted by Gasteiger charge is -2.30. The lowest BCUT2D eigenvalue weighted by atomic mass is 9.83. The normalized spacial score (nSPS) is 16.9. The predicted molar refractivity (Wildman–Crippen MR) is 188 cm³/mol. The summed E-state index contributed by atoms with van der Waals surface area (Å²) in [5, 5.41) is 13.0. The molecule has 0 bridgehead atoms. The quantitative estimate of drug-likeness (QED) is 0.0435. The summed E-state index contributed by atoms with van der Waals surface area (Å²) in [4.78, 5) is 24.5. The van der Waals surface area contributed by atoms with Crippen LogP contribution in [-0.2, 0) is 16.1 Å². The van der Waals surface area contributed by atoms with Gasteiger partial charge in [0.15, 0.2) is 11.6 Å². The van der Waals surface area contributed by atoms with Crippen molar-refractivity contribution in [1.82, 2.24) is 10.9 Å². The van der Waals surface area contributed by atoms with Gasteiger partial charge in [0.2, 0.25) is 5.90 Å². The fourth-order valence-corrected chi connectivity index (χ4v) is 5.33. The van der Waals surface area contributed by atoms with Gasteiger partial charge in [-0.3, -0.25) is 10.2 Å². The molecule has 3 N–H and O–H groups in total. The number of nitrogens with one attached hydrogen (secondary N) is 2. The molecule has 246 valence electrons. The molecule has 1 amide bonds. The van der Waals surface area contributed by atoms with Gasteiger partial charge in [0, 0.05) is 67.5 Å². The van der Waals surface area contributed by atoms with Crippen LogP contribution in [0.1, 0.15) is 41.2 Å². The van der Waals surface area contributed by atoms with Gasteiger partial charge in [0.25, 0.3) is 5.91 Å². The number of benzene rings is 4. The third kappa shape index (κ3) is 8.21. The van der Waals surface area contributed by atoms with E-state index in [-0.39, 0.29) is 18.9 Å². The Hall–Kier alpha value is -5.61. The average molecular weight is 646 g/mol. The third-order valence-electron chi connectivity index (χ3n) is 7.89. The zero-order valence-electron chi connectivity index (χ0n) is 27.0. The number of amides is 1. The van der Waals surface area contributed by atoms with Gasteiger partial charge in [0.1, 0.15) is 5.75 Å². The maximum absolute atomic E-state index is 14.4. The van der Waals surface area contributed by atoms with E-state index in [2.05, 4.69) is 20.9 Å². The van der Waals surface area contributed by atoms with Crippen LogP contribution in [0.5, 0.6) is 5.75 Å². The molecule has 0 unspecified atom stereocenters. The fraction of sp³-hybridized carbons (Fsp3) is 0.243. The number of carbonyl (C=O) groups is 1. The van der Waals surface area contributed by atoms with Crippen molar-refractivity contribution >= 4 is 29.3 Å². The third-order valence-corrected chi connectivity index (χ3v) is 7.89. The van der Waals surface area contributed by atoms with Gasteiger partial charge in [-0.25, -0.2) is 10.4 Å². The number of azide groups is 1. The number of hydrazine groups is 1. The number of aliphatic hydroxyl groups is 1. The van der Waals surface area contributed by atoms with Crippen molar-refractivity contribution in [3.63, 3.8) is 0 Å². The molecule has 0 spiro atoms. The maximum Gasteiger partial charge on any atom is 0.266 e. The summed E-state index contributed by atoms with van der Waals surface area (Å²) in [7, 11) is 3.96. The zero-order valence-corrected chi connectivity index (χ0v) is 27.0. The van der Waals surface area contributed by atoms with Crippen LogP contribution >= 0.6 is 0 Å². The number of ether oxygens (including phenoxy) is 2. The summed E-state index contributed by atoms with van der Waals surface area (Å²) >= 11 is 0.